The number of benzene rings is 2. The second kappa shape index (κ2) is 9.60. The Hall–Kier alpha value is -2.10. The van der Waals surface area contributed by atoms with Crippen molar-refractivity contribution in [3.8, 4) is 22.8 Å². The van der Waals surface area contributed by atoms with Gasteiger partial charge in [0.05, 0.1) is 31.4 Å². The Labute approximate surface area is 179 Å². The van der Waals surface area contributed by atoms with E-state index in [0.717, 1.165) is 29.1 Å². The number of hydrogen-bond acceptors (Lipinski definition) is 6. The molecule has 0 atom stereocenters. The van der Waals surface area contributed by atoms with Crippen LogP contribution in [0.5, 0.6) is 11.5 Å². The summed E-state index contributed by atoms with van der Waals surface area (Å²) in [7, 11) is 1.65. The molecule has 0 bridgehead atoms. The zero-order chi connectivity index (χ0) is 21.8. The predicted molar refractivity (Wildman–Crippen MR) is 110 cm³/mol. The van der Waals surface area contributed by atoms with Crippen LogP contribution in [0.4, 0.5) is 0 Å². The second-order valence-corrected chi connectivity index (χ2v) is 7.77. The smallest absolute Gasteiger partial charge is 0.217 e. The van der Waals surface area contributed by atoms with Gasteiger partial charge < -0.3 is 14.0 Å². The van der Waals surface area contributed by atoms with E-state index in [1.165, 1.54) is 0 Å². The fraction of sp³-hybridized carbons (Fsp3) is 0.211. The van der Waals surface area contributed by atoms with E-state index in [9.17, 15) is 13.0 Å². The molecule has 156 valence electrons. The van der Waals surface area contributed by atoms with Crippen LogP contribution in [0.25, 0.3) is 22.0 Å². The van der Waals surface area contributed by atoms with Crippen LogP contribution in [0.1, 0.15) is 0 Å². The van der Waals surface area contributed by atoms with Crippen LogP contribution in [0.15, 0.2) is 42.6 Å². The summed E-state index contributed by atoms with van der Waals surface area (Å²) in [5.74, 6) is 1.41. The zero-order valence-corrected chi connectivity index (χ0v) is 18.4. The third-order valence-corrected chi connectivity index (χ3v) is 5.16. The summed E-state index contributed by atoms with van der Waals surface area (Å²) in [6.07, 6.45) is 2.05. The lowest BCUT2D eigenvalue weighted by molar-refractivity contribution is -0.659. The van der Waals surface area contributed by atoms with E-state index < -0.39 is 10.4 Å². The molecule has 7 nitrogen and oxygen atoms in total. The Morgan fingerprint density at radius 1 is 0.897 bits per heavy atom. The highest BCUT2D eigenvalue weighted by Gasteiger charge is 2.15. The van der Waals surface area contributed by atoms with Gasteiger partial charge >= 0.3 is 0 Å². The van der Waals surface area contributed by atoms with E-state index in [1.54, 1.807) is 20.3 Å². The third kappa shape index (κ3) is 5.94. The number of aromatic nitrogens is 1. The second-order valence-electron chi connectivity index (χ2n) is 5.81. The molecule has 0 aliphatic rings. The van der Waals surface area contributed by atoms with Crippen molar-refractivity contribution in [3.05, 3.63) is 52.6 Å². The van der Waals surface area contributed by atoms with Crippen molar-refractivity contribution in [1.29, 1.82) is 0 Å². The number of hydrogen-bond donors (Lipinski definition) is 0. The van der Waals surface area contributed by atoms with Crippen molar-refractivity contribution >= 4 is 44.4 Å². The number of pyridine rings is 1. The molecule has 0 unspecified atom stereocenters. The summed E-state index contributed by atoms with van der Waals surface area (Å²) in [6.45, 7) is 0. The van der Waals surface area contributed by atoms with Gasteiger partial charge in [0.15, 0.2) is 17.7 Å². The minimum Gasteiger partial charge on any atom is -0.726 e. The van der Waals surface area contributed by atoms with Crippen molar-refractivity contribution < 1.29 is 31.2 Å². The largest absolute Gasteiger partial charge is 0.726 e. The summed E-state index contributed by atoms with van der Waals surface area (Å²) in [5, 5.41) is 3.21. The minimum absolute atomic E-state index is 0.538. The van der Waals surface area contributed by atoms with Crippen LogP contribution in [0.2, 0.25) is 10.0 Å². The van der Waals surface area contributed by atoms with Crippen molar-refractivity contribution in [2.75, 3.05) is 21.3 Å². The average Bonchev–Trinajstić information content (AvgIpc) is 2.68. The number of halogens is 2. The molecular formula is C19H19Cl2NO6S. The van der Waals surface area contributed by atoms with E-state index in [-0.39, 0.29) is 0 Å². The quantitative estimate of drug-likeness (QED) is 0.335. The minimum atomic E-state index is -4.41. The normalized spacial score (nSPS) is 11.0. The molecule has 0 N–H and O–H groups in total. The van der Waals surface area contributed by atoms with E-state index in [1.807, 2.05) is 35.9 Å². The lowest BCUT2D eigenvalue weighted by atomic mass is 10.1. The first-order valence-electron chi connectivity index (χ1n) is 8.12. The van der Waals surface area contributed by atoms with Gasteiger partial charge in [-0.15, -0.1) is 0 Å². The topological polar surface area (TPSA) is 88.8 Å². The molecule has 0 aliphatic heterocycles. The maximum Gasteiger partial charge on any atom is 0.217 e. The van der Waals surface area contributed by atoms with Gasteiger partial charge in [0, 0.05) is 17.0 Å². The van der Waals surface area contributed by atoms with Gasteiger partial charge in [0.2, 0.25) is 16.1 Å². The SMILES string of the molecule is COS(=O)(=O)[O-].COc1cc2cc(-c3ccc(Cl)c(Cl)c3)[n+](C)cc2cc1OC. The lowest BCUT2D eigenvalue weighted by Crippen LogP contribution is -2.30. The van der Waals surface area contributed by atoms with Crippen molar-refractivity contribution in [3.63, 3.8) is 0 Å². The van der Waals surface area contributed by atoms with Gasteiger partial charge in [-0.25, -0.2) is 13.0 Å². The monoisotopic (exact) mass is 459 g/mol. The molecule has 0 saturated carbocycles. The molecule has 3 rings (SSSR count). The number of aryl methyl sites for hydroxylation is 1. The van der Waals surface area contributed by atoms with E-state index in [0.29, 0.717) is 21.5 Å². The van der Waals surface area contributed by atoms with Gasteiger partial charge in [0.1, 0.15) is 7.05 Å². The highest BCUT2D eigenvalue weighted by atomic mass is 35.5. The molecule has 29 heavy (non-hydrogen) atoms. The highest BCUT2D eigenvalue weighted by Crippen LogP contribution is 2.33. The molecule has 0 saturated heterocycles. The summed E-state index contributed by atoms with van der Waals surface area (Å²) in [5.41, 5.74) is 2.03. The van der Waals surface area contributed by atoms with Gasteiger partial charge in [-0.05, 0) is 35.7 Å². The molecule has 0 amide bonds. The number of methoxy groups -OCH3 is 2. The molecule has 3 aromatic rings. The Morgan fingerprint density at radius 2 is 1.45 bits per heavy atom. The van der Waals surface area contributed by atoms with Gasteiger partial charge in [-0.3, -0.25) is 4.18 Å². The number of fused-ring (bicyclic) bond motifs is 1. The predicted octanol–water partition coefficient (Wildman–Crippen LogP) is 3.75. The summed E-state index contributed by atoms with van der Waals surface area (Å²) >= 11 is 12.2. The number of nitrogens with zero attached hydrogens (tertiary/aromatic N) is 1. The first kappa shape index (κ1) is 23.2. The number of ether oxygens (including phenoxy) is 2. The molecule has 1 heterocycles. The maximum absolute atomic E-state index is 9.22. The Balaban J connectivity index is 0.000000438. The molecule has 0 radical (unpaired) electrons. The van der Waals surface area contributed by atoms with Crippen molar-refractivity contribution in [1.82, 2.24) is 0 Å². The summed E-state index contributed by atoms with van der Waals surface area (Å²) in [4.78, 5) is 0. The Kier molecular flexibility index (Phi) is 7.67. The van der Waals surface area contributed by atoms with Crippen molar-refractivity contribution in [2.45, 2.75) is 0 Å². The fourth-order valence-corrected chi connectivity index (χ4v) is 2.92. The van der Waals surface area contributed by atoms with Crippen LogP contribution in [0, 0.1) is 0 Å². The average molecular weight is 460 g/mol. The molecule has 2 aromatic carbocycles. The third-order valence-electron chi connectivity index (χ3n) is 4.01. The molecule has 1 aromatic heterocycles. The van der Waals surface area contributed by atoms with Crippen molar-refractivity contribution in [2.24, 2.45) is 7.05 Å². The highest BCUT2D eigenvalue weighted by molar-refractivity contribution is 7.80. The molecule has 0 spiro atoms. The first-order chi connectivity index (χ1) is 13.6. The van der Waals surface area contributed by atoms with Crippen LogP contribution in [-0.2, 0) is 21.6 Å². The molecule has 0 aliphatic carbocycles. The Morgan fingerprint density at radius 3 is 1.93 bits per heavy atom. The maximum atomic E-state index is 9.22. The first-order valence-corrected chi connectivity index (χ1v) is 10.2. The van der Waals surface area contributed by atoms with Gasteiger partial charge in [0.25, 0.3) is 0 Å². The van der Waals surface area contributed by atoms with Crippen LogP contribution < -0.4 is 14.0 Å². The summed E-state index contributed by atoms with van der Waals surface area (Å²) < 4.78 is 43.8. The molecule has 10 heteroatoms. The molecular weight excluding hydrogens is 441 g/mol. The van der Waals surface area contributed by atoms with Gasteiger partial charge in [-0.1, -0.05) is 23.2 Å². The summed E-state index contributed by atoms with van der Waals surface area (Å²) in [6, 6.07) is 11.7. The van der Waals surface area contributed by atoms with Crippen LogP contribution in [-0.4, -0.2) is 34.3 Å². The lowest BCUT2D eigenvalue weighted by Gasteiger charge is -2.10. The van der Waals surface area contributed by atoms with E-state index >= 15 is 0 Å². The standard InChI is InChI=1S/C18H16Cl2NO2.CH4O4S/c1-21-10-13-9-18(23-3)17(22-2)8-12(13)7-16(21)11-4-5-14(19)15(20)6-11;1-5-6(2,3)4/h4-10H,1-3H3;1H3,(H,2,3,4)/q+1;/p-1. The van der Waals surface area contributed by atoms with Gasteiger partial charge in [-0.2, -0.15) is 0 Å². The molecule has 0 fully saturated rings. The zero-order valence-electron chi connectivity index (χ0n) is 16.1. The van der Waals surface area contributed by atoms with Crippen LogP contribution >= 0.6 is 23.2 Å². The fourth-order valence-electron chi connectivity index (χ4n) is 2.62. The number of rotatable bonds is 4. The van der Waals surface area contributed by atoms with E-state index in [2.05, 4.69) is 16.4 Å². The van der Waals surface area contributed by atoms with E-state index in [4.69, 9.17) is 32.7 Å². The Bertz CT molecular complexity index is 1140. The van der Waals surface area contributed by atoms with Crippen LogP contribution in [0.3, 0.4) is 0 Å².